The number of sulfonamides is 1. The molecule has 0 bridgehead atoms. The molecule has 2 saturated carbocycles. The van der Waals surface area contributed by atoms with Crippen LogP contribution in [0, 0.1) is 11.3 Å². The average Bonchev–Trinajstić information content (AvgIpc) is 3.89. The van der Waals surface area contributed by atoms with Crippen molar-refractivity contribution < 1.29 is 51.7 Å². The van der Waals surface area contributed by atoms with Gasteiger partial charge in [0.15, 0.2) is 11.5 Å². The van der Waals surface area contributed by atoms with Gasteiger partial charge in [-0.25, -0.2) is 18.0 Å². The molecule has 6 rings (SSSR count). The van der Waals surface area contributed by atoms with E-state index in [9.17, 15) is 37.5 Å². The third kappa shape index (κ3) is 8.35. The third-order valence-electron chi connectivity index (χ3n) is 11.3. The summed E-state index contributed by atoms with van der Waals surface area (Å²) < 4.78 is 44.0. The Labute approximate surface area is 316 Å². The molecule has 1 saturated heterocycles. The lowest BCUT2D eigenvalue weighted by molar-refractivity contribution is -0.142. The number of alkyl carbamates (subject to hydrolysis) is 1. The predicted octanol–water partition coefficient (Wildman–Crippen LogP) is 3.54. The number of unbranched alkanes of at least 4 members (excludes halogenated alkanes) is 3. The zero-order chi connectivity index (χ0) is 39.0. The lowest BCUT2D eigenvalue weighted by atomic mass is 9.85. The zero-order valence-corrected chi connectivity index (χ0v) is 32.3. The lowest BCUT2D eigenvalue weighted by Crippen LogP contribution is -2.60. The highest BCUT2D eigenvalue weighted by atomic mass is 32.2. The molecule has 3 heterocycles. The van der Waals surface area contributed by atoms with Crippen molar-refractivity contribution in [2.75, 3.05) is 19.9 Å². The molecule has 16 nitrogen and oxygen atoms in total. The van der Waals surface area contributed by atoms with E-state index in [4.69, 9.17) is 14.2 Å². The van der Waals surface area contributed by atoms with E-state index in [1.165, 1.54) is 9.80 Å². The summed E-state index contributed by atoms with van der Waals surface area (Å²) in [6.07, 6.45) is 4.83. The number of hydrogen-bond donors (Lipinski definition) is 4. The van der Waals surface area contributed by atoms with Crippen molar-refractivity contribution in [3.8, 4) is 11.5 Å². The molecule has 5 amide bonds. The van der Waals surface area contributed by atoms with Crippen LogP contribution in [-0.2, 0) is 48.7 Å². The lowest BCUT2D eigenvalue weighted by Gasteiger charge is -2.35. The first-order valence-corrected chi connectivity index (χ1v) is 20.6. The molecule has 1 aromatic rings. The maximum Gasteiger partial charge on any atom is 0.407 e. The second kappa shape index (κ2) is 15.5. The van der Waals surface area contributed by atoms with Gasteiger partial charge in [-0.2, -0.15) is 0 Å². The Hall–Kier alpha value is -4.28. The number of ether oxygens (including phenoxy) is 3. The summed E-state index contributed by atoms with van der Waals surface area (Å²) in [6, 6.07) is -0.0104. The summed E-state index contributed by atoms with van der Waals surface area (Å²) in [6.45, 7) is 8.51. The van der Waals surface area contributed by atoms with Gasteiger partial charge in [0.2, 0.25) is 28.6 Å². The standard InChI is InChI=1S/C37H53N5O11S/c1-5-23-18-37(23,33(45)40-54(49,50)24-13-14-24)39-31(43)27-12-10-15-42(27)32(44)30(36(2,3)4)38-34(46)51-16-9-7-6-8-11-25-26-20-41(35(47)48)19-22(26)17-28-29(25)53-21-52-28/h17,23-24,27,30H,5-16,18-21H2,1-4H3,(H,38,46)(H,39,43)(H,40,45)(H,47,48)/t23-,27?,30+,37-/m0/s1. The Morgan fingerprint density at radius 2 is 1.80 bits per heavy atom. The zero-order valence-electron chi connectivity index (χ0n) is 31.5. The van der Waals surface area contributed by atoms with Crippen molar-refractivity contribution in [1.29, 1.82) is 0 Å². The molecule has 3 fully saturated rings. The first-order chi connectivity index (χ1) is 25.6. The first kappa shape index (κ1) is 39.4. The predicted molar refractivity (Wildman–Crippen MR) is 194 cm³/mol. The molecular formula is C37H53N5O11S. The van der Waals surface area contributed by atoms with E-state index in [0.29, 0.717) is 76.0 Å². The number of carbonyl (C=O) groups excluding carboxylic acids is 4. The van der Waals surface area contributed by atoms with Crippen LogP contribution in [-0.4, -0.2) is 96.0 Å². The van der Waals surface area contributed by atoms with Gasteiger partial charge in [-0.1, -0.05) is 47.0 Å². The van der Waals surface area contributed by atoms with Crippen molar-refractivity contribution in [2.24, 2.45) is 11.3 Å². The van der Waals surface area contributed by atoms with E-state index in [0.717, 1.165) is 36.0 Å². The van der Waals surface area contributed by atoms with Crippen molar-refractivity contribution in [3.63, 3.8) is 0 Å². The Kier molecular flexibility index (Phi) is 11.3. The van der Waals surface area contributed by atoms with Crippen LogP contribution in [0.5, 0.6) is 11.5 Å². The number of fused-ring (bicyclic) bond motifs is 2. The summed E-state index contributed by atoms with van der Waals surface area (Å²) in [4.78, 5) is 68.2. The molecule has 2 aliphatic carbocycles. The molecule has 1 aromatic carbocycles. The van der Waals surface area contributed by atoms with Crippen LogP contribution in [0.1, 0.15) is 109 Å². The van der Waals surface area contributed by atoms with Crippen LogP contribution in [0.4, 0.5) is 9.59 Å². The topological polar surface area (TPSA) is 210 Å². The number of amides is 5. The minimum Gasteiger partial charge on any atom is -0.465 e. The van der Waals surface area contributed by atoms with Gasteiger partial charge >= 0.3 is 12.2 Å². The van der Waals surface area contributed by atoms with Crippen LogP contribution in [0.2, 0.25) is 0 Å². The molecule has 3 aliphatic heterocycles. The normalized spacial score (nSPS) is 23.4. The van der Waals surface area contributed by atoms with Crippen LogP contribution < -0.4 is 24.8 Å². The van der Waals surface area contributed by atoms with Gasteiger partial charge in [-0.3, -0.25) is 24.0 Å². The van der Waals surface area contributed by atoms with Gasteiger partial charge in [-0.05, 0) is 79.9 Å². The average molecular weight is 776 g/mol. The number of hydrogen-bond acceptors (Lipinski definition) is 10. The molecule has 17 heteroatoms. The second-order valence-corrected chi connectivity index (χ2v) is 18.2. The van der Waals surface area contributed by atoms with E-state index < -0.39 is 68.2 Å². The fourth-order valence-electron chi connectivity index (χ4n) is 7.89. The highest BCUT2D eigenvalue weighted by Gasteiger charge is 2.62. The van der Waals surface area contributed by atoms with Crippen molar-refractivity contribution in [1.82, 2.24) is 25.2 Å². The number of carbonyl (C=O) groups is 5. The fraction of sp³-hybridized carbons (Fsp3) is 0.703. The molecule has 0 radical (unpaired) electrons. The Morgan fingerprint density at radius 1 is 1.06 bits per heavy atom. The number of benzene rings is 1. The third-order valence-corrected chi connectivity index (χ3v) is 13.1. The van der Waals surface area contributed by atoms with Gasteiger partial charge in [0.25, 0.3) is 5.91 Å². The summed E-state index contributed by atoms with van der Waals surface area (Å²) in [5.74, 6) is -0.577. The number of carboxylic acid groups (broad SMARTS) is 1. The largest absolute Gasteiger partial charge is 0.465 e. The van der Waals surface area contributed by atoms with Gasteiger partial charge < -0.3 is 34.9 Å². The SMILES string of the molecule is CC[C@H]1C[C@@]1(NC(=O)C1CCCN1C(=O)[C@@H](NC(=O)OCCCCCCc1c2c(cc3c1OCO3)CN(C(=O)O)C2)C(C)(C)C)C(=O)NS(=O)(=O)C1CC1. The van der Waals surface area contributed by atoms with Gasteiger partial charge in [0, 0.05) is 18.7 Å². The second-order valence-electron chi connectivity index (χ2n) is 16.2. The monoisotopic (exact) mass is 775 g/mol. The highest BCUT2D eigenvalue weighted by Crippen LogP contribution is 2.47. The van der Waals surface area contributed by atoms with Gasteiger partial charge in [0.05, 0.1) is 18.4 Å². The molecule has 4 atom stereocenters. The Balaban J connectivity index is 0.973. The Morgan fingerprint density at radius 3 is 2.46 bits per heavy atom. The number of nitrogens with zero attached hydrogens (tertiary/aromatic N) is 2. The summed E-state index contributed by atoms with van der Waals surface area (Å²) in [7, 11) is -3.80. The van der Waals surface area contributed by atoms with E-state index in [-0.39, 0.29) is 25.9 Å². The summed E-state index contributed by atoms with van der Waals surface area (Å²) in [5, 5.41) is 14.5. The Bertz CT molecular complexity index is 1780. The quantitative estimate of drug-likeness (QED) is 0.189. The molecule has 4 N–H and O–H groups in total. The minimum atomic E-state index is -3.80. The van der Waals surface area contributed by atoms with Crippen molar-refractivity contribution in [3.05, 3.63) is 22.8 Å². The number of nitrogens with one attached hydrogen (secondary N) is 3. The molecule has 5 aliphatic rings. The number of likely N-dealkylation sites (tertiary alicyclic amines) is 1. The summed E-state index contributed by atoms with van der Waals surface area (Å²) in [5.41, 5.74) is 0.830. The summed E-state index contributed by atoms with van der Waals surface area (Å²) >= 11 is 0. The van der Waals surface area contributed by atoms with Gasteiger partial charge in [-0.15, -0.1) is 0 Å². The molecule has 0 aromatic heterocycles. The van der Waals surface area contributed by atoms with E-state index in [1.54, 1.807) is 0 Å². The van der Waals surface area contributed by atoms with Crippen LogP contribution in [0.15, 0.2) is 6.07 Å². The van der Waals surface area contributed by atoms with Crippen molar-refractivity contribution in [2.45, 2.75) is 134 Å². The van der Waals surface area contributed by atoms with E-state index >= 15 is 0 Å². The van der Waals surface area contributed by atoms with Gasteiger partial charge in [0.1, 0.15) is 17.6 Å². The minimum absolute atomic E-state index is 0.138. The molecule has 298 valence electrons. The first-order valence-electron chi connectivity index (χ1n) is 19.1. The van der Waals surface area contributed by atoms with Crippen molar-refractivity contribution >= 4 is 39.9 Å². The van der Waals surface area contributed by atoms with Crippen LogP contribution in [0.25, 0.3) is 0 Å². The molecule has 0 spiro atoms. The molecule has 1 unspecified atom stereocenters. The maximum atomic E-state index is 14.0. The molecule has 54 heavy (non-hydrogen) atoms. The number of rotatable bonds is 15. The van der Waals surface area contributed by atoms with E-state index in [1.807, 2.05) is 33.8 Å². The van der Waals surface area contributed by atoms with Crippen LogP contribution >= 0.6 is 0 Å². The smallest absolute Gasteiger partial charge is 0.407 e. The molecular weight excluding hydrogens is 722 g/mol. The van der Waals surface area contributed by atoms with E-state index in [2.05, 4.69) is 15.4 Å². The van der Waals surface area contributed by atoms with Crippen LogP contribution in [0.3, 0.4) is 0 Å². The fourth-order valence-corrected chi connectivity index (χ4v) is 9.26. The highest BCUT2D eigenvalue weighted by molar-refractivity contribution is 7.91. The maximum absolute atomic E-state index is 14.0.